The van der Waals surface area contributed by atoms with E-state index in [-0.39, 0.29) is 5.91 Å². The molecule has 0 bridgehead atoms. The fourth-order valence-electron chi connectivity index (χ4n) is 2.69. The first-order chi connectivity index (χ1) is 13.1. The third-order valence-corrected chi connectivity index (χ3v) is 4.89. The van der Waals surface area contributed by atoms with Gasteiger partial charge in [-0.3, -0.25) is 4.79 Å². The Morgan fingerprint density at radius 2 is 1.74 bits per heavy atom. The number of thiazole rings is 1. The van der Waals surface area contributed by atoms with Crippen molar-refractivity contribution in [1.82, 2.24) is 4.98 Å². The Labute approximate surface area is 163 Å². The lowest BCUT2D eigenvalue weighted by Gasteiger charge is -2.04. The number of aryl methyl sites for hydroxylation is 1. The van der Waals surface area contributed by atoms with E-state index in [1.165, 1.54) is 11.3 Å². The molecule has 0 aliphatic heterocycles. The van der Waals surface area contributed by atoms with Gasteiger partial charge in [-0.2, -0.15) is 0 Å². The molecule has 1 N–H and O–H groups in total. The molecular weight excluding hydrogens is 360 g/mol. The second-order valence-corrected chi connectivity index (χ2v) is 7.16. The maximum Gasteiger partial charge on any atom is 0.230 e. The van der Waals surface area contributed by atoms with Crippen molar-refractivity contribution >= 4 is 22.4 Å². The Morgan fingerprint density at radius 1 is 1.07 bits per heavy atom. The molecule has 0 atom stereocenters. The van der Waals surface area contributed by atoms with Crippen LogP contribution in [0.15, 0.2) is 48.5 Å². The molecule has 3 aromatic rings. The summed E-state index contributed by atoms with van der Waals surface area (Å²) in [5.74, 6) is 1.52. The van der Waals surface area contributed by atoms with Gasteiger partial charge >= 0.3 is 0 Å². The number of rotatable bonds is 7. The standard InChI is InChI=1S/C21H22N2O3S/c1-4-26-18-11-7-16(8-12-18)20-14(2)27-21(23-20)22-19(24)13-15-5-9-17(25-3)10-6-15/h5-12H,4,13H2,1-3H3,(H,22,23,24). The van der Waals surface area contributed by atoms with Crippen LogP contribution in [0.3, 0.4) is 0 Å². The first-order valence-corrected chi connectivity index (χ1v) is 9.54. The number of anilines is 1. The van der Waals surface area contributed by atoms with Crippen LogP contribution in [0.25, 0.3) is 11.3 Å². The molecule has 2 aromatic carbocycles. The number of methoxy groups -OCH3 is 1. The average Bonchev–Trinajstić information content (AvgIpc) is 3.03. The van der Waals surface area contributed by atoms with E-state index < -0.39 is 0 Å². The summed E-state index contributed by atoms with van der Waals surface area (Å²) < 4.78 is 10.6. The molecule has 0 spiro atoms. The zero-order valence-electron chi connectivity index (χ0n) is 15.6. The van der Waals surface area contributed by atoms with E-state index in [0.717, 1.165) is 33.2 Å². The number of hydrogen-bond donors (Lipinski definition) is 1. The van der Waals surface area contributed by atoms with Crippen LogP contribution in [-0.4, -0.2) is 24.6 Å². The van der Waals surface area contributed by atoms with Gasteiger partial charge in [0.05, 0.1) is 25.8 Å². The zero-order valence-corrected chi connectivity index (χ0v) is 16.4. The molecule has 5 nitrogen and oxygen atoms in total. The van der Waals surface area contributed by atoms with Crippen LogP contribution in [-0.2, 0) is 11.2 Å². The van der Waals surface area contributed by atoms with Crippen molar-refractivity contribution in [2.24, 2.45) is 0 Å². The minimum Gasteiger partial charge on any atom is -0.497 e. The molecule has 1 aromatic heterocycles. The fraction of sp³-hybridized carbons (Fsp3) is 0.238. The summed E-state index contributed by atoms with van der Waals surface area (Å²) >= 11 is 1.47. The van der Waals surface area contributed by atoms with Gasteiger partial charge in [-0.15, -0.1) is 11.3 Å². The summed E-state index contributed by atoms with van der Waals surface area (Å²) in [6.45, 7) is 4.60. The second kappa shape index (κ2) is 8.68. The third-order valence-electron chi connectivity index (χ3n) is 4.01. The summed E-state index contributed by atoms with van der Waals surface area (Å²) in [6, 6.07) is 15.3. The number of hydrogen-bond acceptors (Lipinski definition) is 5. The minimum absolute atomic E-state index is 0.0906. The highest BCUT2D eigenvalue weighted by Crippen LogP contribution is 2.31. The van der Waals surface area contributed by atoms with Crippen LogP contribution in [0.1, 0.15) is 17.4 Å². The molecule has 0 aliphatic carbocycles. The monoisotopic (exact) mass is 382 g/mol. The number of carbonyl (C=O) groups excluding carboxylic acids is 1. The molecular formula is C21H22N2O3S. The SMILES string of the molecule is CCOc1ccc(-c2nc(NC(=O)Cc3ccc(OC)cc3)sc2C)cc1. The first-order valence-electron chi connectivity index (χ1n) is 8.72. The van der Waals surface area contributed by atoms with E-state index in [2.05, 4.69) is 10.3 Å². The van der Waals surface area contributed by atoms with Gasteiger partial charge in [0.1, 0.15) is 11.5 Å². The molecule has 27 heavy (non-hydrogen) atoms. The summed E-state index contributed by atoms with van der Waals surface area (Å²) in [5, 5.41) is 3.50. The van der Waals surface area contributed by atoms with Gasteiger partial charge in [0, 0.05) is 10.4 Å². The molecule has 0 unspecified atom stereocenters. The number of aromatic nitrogens is 1. The van der Waals surface area contributed by atoms with Crippen LogP contribution >= 0.6 is 11.3 Å². The second-order valence-electron chi connectivity index (χ2n) is 5.95. The predicted octanol–water partition coefficient (Wildman–Crippen LogP) is 4.71. The summed E-state index contributed by atoms with van der Waals surface area (Å²) in [6.07, 6.45) is 0.293. The fourth-order valence-corrected chi connectivity index (χ4v) is 3.54. The average molecular weight is 382 g/mol. The molecule has 0 radical (unpaired) electrons. The van der Waals surface area contributed by atoms with Crippen LogP contribution in [0.2, 0.25) is 0 Å². The molecule has 1 amide bonds. The van der Waals surface area contributed by atoms with Gasteiger partial charge in [0.15, 0.2) is 5.13 Å². The molecule has 0 fully saturated rings. The number of carbonyl (C=O) groups is 1. The van der Waals surface area contributed by atoms with Crippen molar-refractivity contribution in [3.63, 3.8) is 0 Å². The van der Waals surface area contributed by atoms with Gasteiger partial charge in [0.2, 0.25) is 5.91 Å². The maximum atomic E-state index is 12.3. The van der Waals surface area contributed by atoms with Gasteiger partial charge in [-0.05, 0) is 55.8 Å². The number of nitrogens with zero attached hydrogens (tertiary/aromatic N) is 1. The van der Waals surface area contributed by atoms with Crippen molar-refractivity contribution < 1.29 is 14.3 Å². The Kier molecular flexibility index (Phi) is 6.08. The van der Waals surface area contributed by atoms with Crippen molar-refractivity contribution in [1.29, 1.82) is 0 Å². The molecule has 3 rings (SSSR count). The molecule has 140 valence electrons. The first kappa shape index (κ1) is 18.9. The molecule has 6 heteroatoms. The normalized spacial score (nSPS) is 10.5. The maximum absolute atomic E-state index is 12.3. The lowest BCUT2D eigenvalue weighted by atomic mass is 10.1. The topological polar surface area (TPSA) is 60.5 Å². The number of benzene rings is 2. The Bertz CT molecular complexity index is 902. The van der Waals surface area contributed by atoms with Gasteiger partial charge < -0.3 is 14.8 Å². The Morgan fingerprint density at radius 3 is 2.37 bits per heavy atom. The Balaban J connectivity index is 1.67. The highest BCUT2D eigenvalue weighted by atomic mass is 32.1. The van der Waals surface area contributed by atoms with Gasteiger partial charge in [-0.1, -0.05) is 12.1 Å². The summed E-state index contributed by atoms with van der Waals surface area (Å²) in [5.41, 5.74) is 2.80. The molecule has 1 heterocycles. The van der Waals surface area contributed by atoms with Crippen LogP contribution in [0, 0.1) is 6.92 Å². The van der Waals surface area contributed by atoms with Crippen molar-refractivity contribution in [2.75, 3.05) is 19.0 Å². The van der Waals surface area contributed by atoms with Crippen molar-refractivity contribution in [3.05, 3.63) is 59.0 Å². The minimum atomic E-state index is -0.0906. The van der Waals surface area contributed by atoms with Crippen LogP contribution in [0.5, 0.6) is 11.5 Å². The molecule has 0 saturated carbocycles. The summed E-state index contributed by atoms with van der Waals surface area (Å²) in [4.78, 5) is 18.0. The van der Waals surface area contributed by atoms with E-state index in [0.29, 0.717) is 18.2 Å². The largest absolute Gasteiger partial charge is 0.497 e. The quantitative estimate of drug-likeness (QED) is 0.643. The molecule has 0 saturated heterocycles. The van der Waals surface area contributed by atoms with E-state index in [1.807, 2.05) is 62.4 Å². The van der Waals surface area contributed by atoms with Crippen LogP contribution < -0.4 is 14.8 Å². The zero-order chi connectivity index (χ0) is 19.2. The van der Waals surface area contributed by atoms with Crippen LogP contribution in [0.4, 0.5) is 5.13 Å². The molecule has 0 aliphatic rings. The van der Waals surface area contributed by atoms with Crippen molar-refractivity contribution in [2.45, 2.75) is 20.3 Å². The highest BCUT2D eigenvalue weighted by molar-refractivity contribution is 7.16. The van der Waals surface area contributed by atoms with E-state index in [1.54, 1.807) is 7.11 Å². The number of nitrogens with one attached hydrogen (secondary N) is 1. The highest BCUT2D eigenvalue weighted by Gasteiger charge is 2.13. The Hall–Kier alpha value is -2.86. The van der Waals surface area contributed by atoms with E-state index in [4.69, 9.17) is 9.47 Å². The third kappa shape index (κ3) is 4.86. The van der Waals surface area contributed by atoms with E-state index in [9.17, 15) is 4.79 Å². The number of amides is 1. The van der Waals surface area contributed by atoms with Gasteiger partial charge in [-0.25, -0.2) is 4.98 Å². The van der Waals surface area contributed by atoms with E-state index >= 15 is 0 Å². The smallest absolute Gasteiger partial charge is 0.230 e. The summed E-state index contributed by atoms with van der Waals surface area (Å²) in [7, 11) is 1.62. The number of ether oxygens (including phenoxy) is 2. The predicted molar refractivity (Wildman–Crippen MR) is 109 cm³/mol. The lowest BCUT2D eigenvalue weighted by Crippen LogP contribution is -2.14. The lowest BCUT2D eigenvalue weighted by molar-refractivity contribution is -0.115. The van der Waals surface area contributed by atoms with Gasteiger partial charge in [0.25, 0.3) is 0 Å². The van der Waals surface area contributed by atoms with Crippen molar-refractivity contribution in [3.8, 4) is 22.8 Å².